The number of nitrogens with zero attached hydrogens (tertiary/aromatic N) is 1. The minimum absolute atomic E-state index is 0.242. The van der Waals surface area contributed by atoms with Gasteiger partial charge in [0, 0.05) is 18.0 Å². The zero-order chi connectivity index (χ0) is 29.6. The molecule has 41 heavy (non-hydrogen) atoms. The molecule has 0 N–H and O–H groups in total. The minimum Gasteiger partial charge on any atom is -0.496 e. The summed E-state index contributed by atoms with van der Waals surface area (Å²) in [5, 5.41) is 0.703. The number of ether oxygens (including phenoxy) is 2. The van der Waals surface area contributed by atoms with Crippen LogP contribution in [0.5, 0.6) is 11.5 Å². The lowest BCUT2D eigenvalue weighted by atomic mass is 9.92. The molecule has 0 aliphatic carbocycles. The van der Waals surface area contributed by atoms with E-state index < -0.39 is 17.4 Å². The first-order chi connectivity index (χ1) is 19.7. The molecule has 5 rings (SSSR count). The van der Waals surface area contributed by atoms with Gasteiger partial charge >= 0.3 is 11.8 Å². The van der Waals surface area contributed by atoms with Crippen LogP contribution >= 0.6 is 0 Å². The van der Waals surface area contributed by atoms with Crippen LogP contribution in [0.1, 0.15) is 48.9 Å². The highest BCUT2D eigenvalue weighted by Gasteiger charge is 2.30. The van der Waals surface area contributed by atoms with E-state index in [9.17, 15) is 18.0 Å². The Hall–Kier alpha value is -3.78. The number of hydrogen-bond acceptors (Lipinski definition) is 5. The number of aryl methyl sites for hydroxylation is 1. The fourth-order valence-corrected chi connectivity index (χ4v) is 5.13. The van der Waals surface area contributed by atoms with E-state index in [1.807, 2.05) is 51.1 Å². The zero-order valence-electron chi connectivity index (χ0n) is 23.9. The van der Waals surface area contributed by atoms with E-state index in [4.69, 9.17) is 13.9 Å². The first-order valence-electron chi connectivity index (χ1n) is 14.0. The predicted octanol–water partition coefficient (Wildman–Crippen LogP) is 7.89. The smallest absolute Gasteiger partial charge is 0.416 e. The van der Waals surface area contributed by atoms with Gasteiger partial charge in [-0.05, 0) is 91.9 Å². The molecule has 2 heterocycles. The zero-order valence-corrected chi connectivity index (χ0v) is 23.9. The van der Waals surface area contributed by atoms with Gasteiger partial charge in [0.25, 0.3) is 0 Å². The maximum Gasteiger partial charge on any atom is 0.416 e. The molecule has 1 aromatic heterocycles. The molecule has 8 heteroatoms. The van der Waals surface area contributed by atoms with E-state index in [0.717, 1.165) is 48.6 Å². The Morgan fingerprint density at radius 2 is 1.61 bits per heavy atom. The fraction of sp³-hybridized carbons (Fsp3) is 0.364. The third-order valence-corrected chi connectivity index (χ3v) is 7.21. The van der Waals surface area contributed by atoms with Gasteiger partial charge in [-0.3, -0.25) is 4.90 Å². The molecule has 0 bridgehead atoms. The van der Waals surface area contributed by atoms with E-state index in [0.29, 0.717) is 40.9 Å². The third-order valence-electron chi connectivity index (χ3n) is 7.21. The van der Waals surface area contributed by atoms with Crippen LogP contribution in [0.4, 0.5) is 13.2 Å². The van der Waals surface area contributed by atoms with Crippen LogP contribution in [0.3, 0.4) is 0 Å². The molecule has 4 aromatic rings. The summed E-state index contributed by atoms with van der Waals surface area (Å²) < 4.78 is 56.5. The number of likely N-dealkylation sites (tertiary alicyclic amines) is 1. The molecule has 5 nitrogen and oxygen atoms in total. The van der Waals surface area contributed by atoms with Gasteiger partial charge in [-0.25, -0.2) is 4.79 Å². The number of halogens is 3. The summed E-state index contributed by atoms with van der Waals surface area (Å²) in [4.78, 5) is 15.6. The summed E-state index contributed by atoms with van der Waals surface area (Å²) in [5.41, 5.74) is 2.01. The summed E-state index contributed by atoms with van der Waals surface area (Å²) >= 11 is 0. The predicted molar refractivity (Wildman–Crippen MR) is 156 cm³/mol. The van der Waals surface area contributed by atoms with Crippen molar-refractivity contribution in [2.45, 2.75) is 46.2 Å². The van der Waals surface area contributed by atoms with Crippen molar-refractivity contribution in [3.63, 3.8) is 0 Å². The largest absolute Gasteiger partial charge is 0.496 e. The normalized spacial score (nSPS) is 13.6. The monoisotopic (exact) mass is 567 g/mol. The van der Waals surface area contributed by atoms with Crippen molar-refractivity contribution in [2.24, 2.45) is 0 Å². The molecular formula is C33H36F3NO4. The lowest BCUT2D eigenvalue weighted by Crippen LogP contribution is -2.25. The Kier molecular flexibility index (Phi) is 9.76. The maximum atomic E-state index is 13.2. The van der Waals surface area contributed by atoms with Gasteiger partial charge < -0.3 is 13.9 Å². The van der Waals surface area contributed by atoms with Crippen molar-refractivity contribution in [1.29, 1.82) is 0 Å². The molecular weight excluding hydrogens is 531 g/mol. The highest BCUT2D eigenvalue weighted by molar-refractivity contribution is 5.89. The summed E-state index contributed by atoms with van der Waals surface area (Å²) in [6.45, 7) is 9.64. The van der Waals surface area contributed by atoms with Crippen molar-refractivity contribution in [3.8, 4) is 22.6 Å². The van der Waals surface area contributed by atoms with Gasteiger partial charge in [0.05, 0.1) is 18.2 Å². The molecule has 1 saturated heterocycles. The van der Waals surface area contributed by atoms with Crippen LogP contribution in [0, 0.1) is 6.92 Å². The van der Waals surface area contributed by atoms with Gasteiger partial charge in [-0.1, -0.05) is 38.1 Å². The van der Waals surface area contributed by atoms with E-state index in [1.54, 1.807) is 13.2 Å². The summed E-state index contributed by atoms with van der Waals surface area (Å²) in [6.07, 6.45) is -1.62. The average Bonchev–Trinajstić information content (AvgIpc) is 3.48. The van der Waals surface area contributed by atoms with Crippen molar-refractivity contribution >= 4 is 11.0 Å². The van der Waals surface area contributed by atoms with Crippen LogP contribution in [0.25, 0.3) is 22.1 Å². The number of methoxy groups -OCH3 is 1. The molecule has 0 amide bonds. The van der Waals surface area contributed by atoms with Crippen molar-refractivity contribution < 1.29 is 27.1 Å². The second-order valence-electron chi connectivity index (χ2n) is 9.85. The molecule has 3 aromatic carbocycles. The standard InChI is InChI=1S/C31H30F3NO4.C2H6/c1-20-17-25-26(18-21-5-11-24(12-6-21)38-16-15-35-13-3-4-14-35)29(30(36)39-28(25)19-27(20)37-2)22-7-9-23(10-8-22)31(32,33)34;1-2/h5-12,17,19H,3-4,13-16,18H2,1-2H3;1-2H3. The SMILES string of the molecule is CC.COc1cc2oc(=O)c(-c3ccc(C(F)(F)F)cc3)c(Cc3ccc(OCCN4CCCC4)cc3)c2cc1C. The molecule has 1 aliphatic rings. The number of hydrogen-bond donors (Lipinski definition) is 0. The van der Waals surface area contributed by atoms with E-state index in [-0.39, 0.29) is 5.56 Å². The topological polar surface area (TPSA) is 51.9 Å². The molecule has 218 valence electrons. The van der Waals surface area contributed by atoms with E-state index in [1.165, 1.54) is 25.0 Å². The Labute approximate surface area is 238 Å². The molecule has 0 saturated carbocycles. The second-order valence-corrected chi connectivity index (χ2v) is 9.85. The third kappa shape index (κ3) is 7.11. The molecule has 0 unspecified atom stereocenters. The van der Waals surface area contributed by atoms with Crippen molar-refractivity contribution in [3.05, 3.63) is 93.3 Å². The van der Waals surface area contributed by atoms with Crippen LogP contribution in [-0.4, -0.2) is 38.3 Å². The van der Waals surface area contributed by atoms with Crippen LogP contribution in [0.2, 0.25) is 0 Å². The second kappa shape index (κ2) is 13.3. The Morgan fingerprint density at radius 1 is 0.951 bits per heavy atom. The Balaban J connectivity index is 0.00000189. The quantitative estimate of drug-likeness (QED) is 0.203. The first-order valence-corrected chi connectivity index (χ1v) is 14.0. The number of benzene rings is 3. The number of fused-ring (bicyclic) bond motifs is 1. The van der Waals surface area contributed by atoms with Gasteiger partial charge in [0.15, 0.2) is 0 Å². The molecule has 1 fully saturated rings. The van der Waals surface area contributed by atoms with Crippen molar-refractivity contribution in [1.82, 2.24) is 4.90 Å². The number of rotatable bonds is 8. The van der Waals surface area contributed by atoms with Gasteiger partial charge in [-0.15, -0.1) is 0 Å². The molecule has 1 aliphatic heterocycles. The Bertz CT molecular complexity index is 1500. The number of alkyl halides is 3. The highest BCUT2D eigenvalue weighted by atomic mass is 19.4. The van der Waals surface area contributed by atoms with Gasteiger partial charge in [0.1, 0.15) is 23.7 Å². The summed E-state index contributed by atoms with van der Waals surface area (Å²) in [7, 11) is 1.54. The van der Waals surface area contributed by atoms with Crippen LogP contribution in [0.15, 0.2) is 69.9 Å². The Morgan fingerprint density at radius 3 is 2.22 bits per heavy atom. The van der Waals surface area contributed by atoms with Gasteiger partial charge in [0.2, 0.25) is 0 Å². The van der Waals surface area contributed by atoms with Crippen LogP contribution < -0.4 is 15.1 Å². The maximum absolute atomic E-state index is 13.2. The van der Waals surface area contributed by atoms with Gasteiger partial charge in [-0.2, -0.15) is 13.2 Å². The first kappa shape index (κ1) is 30.2. The van der Waals surface area contributed by atoms with Crippen LogP contribution in [-0.2, 0) is 12.6 Å². The van der Waals surface area contributed by atoms with E-state index >= 15 is 0 Å². The molecule has 0 spiro atoms. The highest BCUT2D eigenvalue weighted by Crippen LogP contribution is 2.35. The van der Waals surface area contributed by atoms with Crippen molar-refractivity contribution in [2.75, 3.05) is 33.4 Å². The molecule has 0 radical (unpaired) electrons. The minimum atomic E-state index is -4.47. The lowest BCUT2D eigenvalue weighted by molar-refractivity contribution is -0.137. The molecule has 0 atom stereocenters. The lowest BCUT2D eigenvalue weighted by Gasteiger charge is -2.16. The summed E-state index contributed by atoms with van der Waals surface area (Å²) in [5.74, 6) is 1.34. The fourth-order valence-electron chi connectivity index (χ4n) is 5.13. The van der Waals surface area contributed by atoms with E-state index in [2.05, 4.69) is 4.90 Å². The summed E-state index contributed by atoms with van der Waals surface area (Å²) in [6, 6.07) is 15.8. The average molecular weight is 568 g/mol.